The summed E-state index contributed by atoms with van der Waals surface area (Å²) >= 11 is 0. The minimum Gasteiger partial charge on any atom is -0.381 e. The number of benzene rings is 1. The molecular weight excluding hydrogens is 226 g/mol. The second-order valence-electron chi connectivity index (χ2n) is 4.69. The molecule has 1 aromatic heterocycles. The summed E-state index contributed by atoms with van der Waals surface area (Å²) in [5.41, 5.74) is 0.726. The van der Waals surface area contributed by atoms with Crippen LogP contribution < -0.4 is 0 Å². The van der Waals surface area contributed by atoms with E-state index in [1.54, 1.807) is 12.4 Å². The van der Waals surface area contributed by atoms with E-state index in [0.29, 0.717) is 6.61 Å². The highest BCUT2D eigenvalue weighted by atomic mass is 16.5. The van der Waals surface area contributed by atoms with Gasteiger partial charge in [0, 0.05) is 35.9 Å². The van der Waals surface area contributed by atoms with Crippen LogP contribution in [0.1, 0.15) is 23.2 Å². The molecule has 3 nitrogen and oxygen atoms in total. The zero-order valence-corrected chi connectivity index (χ0v) is 10.1. The first-order chi connectivity index (χ1) is 8.86. The molecule has 2 aromatic rings. The summed E-state index contributed by atoms with van der Waals surface area (Å²) in [4.78, 5) is 16.7. The lowest BCUT2D eigenvalue weighted by Gasteiger charge is -2.21. The quantitative estimate of drug-likeness (QED) is 0.759. The van der Waals surface area contributed by atoms with Gasteiger partial charge in [-0.05, 0) is 18.2 Å². The van der Waals surface area contributed by atoms with E-state index in [9.17, 15) is 4.79 Å². The smallest absolute Gasteiger partial charge is 0.170 e. The highest BCUT2D eigenvalue weighted by molar-refractivity contribution is 6.08. The fourth-order valence-electron chi connectivity index (χ4n) is 2.48. The summed E-state index contributed by atoms with van der Waals surface area (Å²) in [6.45, 7) is 1.32. The van der Waals surface area contributed by atoms with Crippen molar-refractivity contribution in [2.45, 2.75) is 12.8 Å². The zero-order valence-electron chi connectivity index (χ0n) is 10.1. The first-order valence-electron chi connectivity index (χ1n) is 6.31. The van der Waals surface area contributed by atoms with Gasteiger partial charge in [-0.2, -0.15) is 0 Å². The number of hydrogen-bond donors (Lipinski definition) is 0. The fraction of sp³-hybridized carbons (Fsp3) is 0.333. The number of fused-ring (bicyclic) bond motifs is 1. The van der Waals surface area contributed by atoms with Gasteiger partial charge in [0.2, 0.25) is 0 Å². The Balaban J connectivity index is 2.00. The van der Waals surface area contributed by atoms with Crippen molar-refractivity contribution >= 4 is 16.6 Å². The number of ether oxygens (including phenoxy) is 1. The van der Waals surface area contributed by atoms with Crippen molar-refractivity contribution in [2.75, 3.05) is 13.2 Å². The van der Waals surface area contributed by atoms with Crippen LogP contribution in [0.25, 0.3) is 10.8 Å². The van der Waals surface area contributed by atoms with Gasteiger partial charge in [0.15, 0.2) is 5.78 Å². The Morgan fingerprint density at radius 1 is 1.28 bits per heavy atom. The van der Waals surface area contributed by atoms with Gasteiger partial charge in [-0.25, -0.2) is 0 Å². The number of carbonyl (C=O) groups excluding carboxylic acids is 1. The maximum absolute atomic E-state index is 12.5. The van der Waals surface area contributed by atoms with E-state index in [-0.39, 0.29) is 11.7 Å². The van der Waals surface area contributed by atoms with Crippen LogP contribution in [0.5, 0.6) is 0 Å². The fourth-order valence-corrected chi connectivity index (χ4v) is 2.48. The second kappa shape index (κ2) is 4.86. The van der Waals surface area contributed by atoms with Crippen molar-refractivity contribution < 1.29 is 9.53 Å². The lowest BCUT2D eigenvalue weighted by molar-refractivity contribution is 0.0462. The molecule has 92 valence electrons. The lowest BCUT2D eigenvalue weighted by atomic mass is 9.91. The first-order valence-corrected chi connectivity index (χ1v) is 6.31. The summed E-state index contributed by atoms with van der Waals surface area (Å²) in [7, 11) is 0. The van der Waals surface area contributed by atoms with Gasteiger partial charge in [-0.15, -0.1) is 0 Å². The molecule has 1 aliphatic heterocycles. The number of carbonyl (C=O) groups is 1. The van der Waals surface area contributed by atoms with E-state index in [1.807, 2.05) is 24.3 Å². The largest absolute Gasteiger partial charge is 0.381 e. The minimum atomic E-state index is -0.00800. The molecule has 1 fully saturated rings. The monoisotopic (exact) mass is 241 g/mol. The van der Waals surface area contributed by atoms with Crippen molar-refractivity contribution in [3.05, 3.63) is 42.2 Å². The summed E-state index contributed by atoms with van der Waals surface area (Å²) in [5, 5.41) is 2.00. The first kappa shape index (κ1) is 11.4. The van der Waals surface area contributed by atoms with Gasteiger partial charge in [-0.1, -0.05) is 24.3 Å². The normalized spacial score (nSPS) is 19.9. The Morgan fingerprint density at radius 3 is 3.00 bits per heavy atom. The third kappa shape index (κ3) is 2.02. The maximum Gasteiger partial charge on any atom is 0.170 e. The van der Waals surface area contributed by atoms with Gasteiger partial charge in [0.05, 0.1) is 6.61 Å². The van der Waals surface area contributed by atoms with Crippen LogP contribution >= 0.6 is 0 Å². The predicted molar refractivity (Wildman–Crippen MR) is 69.6 cm³/mol. The number of Topliss-reactive ketones (excluding diaryl/α,β-unsaturated/α-hetero) is 1. The molecule has 2 heterocycles. The molecule has 0 spiro atoms. The molecular formula is C15H15NO2. The van der Waals surface area contributed by atoms with Crippen LogP contribution in [0.15, 0.2) is 36.7 Å². The van der Waals surface area contributed by atoms with Gasteiger partial charge < -0.3 is 4.74 Å². The molecule has 1 aliphatic rings. The van der Waals surface area contributed by atoms with Crippen molar-refractivity contribution in [3.8, 4) is 0 Å². The lowest BCUT2D eigenvalue weighted by Crippen LogP contribution is -2.25. The van der Waals surface area contributed by atoms with E-state index in [1.165, 1.54) is 0 Å². The molecule has 0 amide bonds. The Bertz CT molecular complexity index is 568. The summed E-state index contributed by atoms with van der Waals surface area (Å²) in [6.07, 6.45) is 5.36. The summed E-state index contributed by atoms with van der Waals surface area (Å²) < 4.78 is 5.40. The van der Waals surface area contributed by atoms with Crippen molar-refractivity contribution in [1.82, 2.24) is 4.98 Å². The molecule has 0 aliphatic carbocycles. The van der Waals surface area contributed by atoms with Crippen LogP contribution in [0.3, 0.4) is 0 Å². The molecule has 0 N–H and O–H groups in total. The standard InChI is InChI=1S/C15H15NO2/c17-15(12-5-3-7-18-10-12)14-9-16-8-11-4-1-2-6-13(11)14/h1-2,4,6,8-9,12H,3,5,7,10H2. The topological polar surface area (TPSA) is 39.2 Å². The molecule has 1 unspecified atom stereocenters. The third-order valence-electron chi connectivity index (χ3n) is 3.46. The number of hydrogen-bond acceptors (Lipinski definition) is 3. The molecule has 0 radical (unpaired) electrons. The molecule has 1 atom stereocenters. The van der Waals surface area contributed by atoms with Gasteiger partial charge in [-0.3, -0.25) is 9.78 Å². The van der Waals surface area contributed by atoms with E-state index < -0.39 is 0 Å². The van der Waals surface area contributed by atoms with Crippen molar-refractivity contribution in [3.63, 3.8) is 0 Å². The Morgan fingerprint density at radius 2 is 2.17 bits per heavy atom. The zero-order chi connectivity index (χ0) is 12.4. The van der Waals surface area contributed by atoms with Crippen LogP contribution in [0.2, 0.25) is 0 Å². The Labute approximate surface area is 106 Å². The molecule has 18 heavy (non-hydrogen) atoms. The molecule has 0 saturated carbocycles. The number of rotatable bonds is 2. The van der Waals surface area contributed by atoms with Crippen LogP contribution in [0, 0.1) is 5.92 Å². The number of nitrogens with zero attached hydrogens (tertiary/aromatic N) is 1. The van der Waals surface area contributed by atoms with Crippen molar-refractivity contribution in [2.24, 2.45) is 5.92 Å². The van der Waals surface area contributed by atoms with Crippen LogP contribution in [-0.2, 0) is 4.74 Å². The van der Waals surface area contributed by atoms with Crippen molar-refractivity contribution in [1.29, 1.82) is 0 Å². The van der Waals surface area contributed by atoms with Gasteiger partial charge in [0.25, 0.3) is 0 Å². The van der Waals surface area contributed by atoms with E-state index in [0.717, 1.165) is 35.8 Å². The van der Waals surface area contributed by atoms with E-state index >= 15 is 0 Å². The van der Waals surface area contributed by atoms with Crippen LogP contribution in [0.4, 0.5) is 0 Å². The average molecular weight is 241 g/mol. The highest BCUT2D eigenvalue weighted by Crippen LogP contribution is 2.23. The molecule has 3 rings (SSSR count). The number of ketones is 1. The SMILES string of the molecule is O=C(c1cncc2ccccc12)C1CCCOC1. The summed E-state index contributed by atoms with van der Waals surface area (Å²) in [5.74, 6) is 0.158. The molecule has 1 aromatic carbocycles. The van der Waals surface area contributed by atoms with Gasteiger partial charge in [0.1, 0.15) is 0 Å². The van der Waals surface area contributed by atoms with E-state index in [4.69, 9.17) is 4.74 Å². The average Bonchev–Trinajstić information content (AvgIpc) is 2.47. The minimum absolute atomic E-state index is 0.00800. The molecule has 1 saturated heterocycles. The Hall–Kier alpha value is -1.74. The third-order valence-corrected chi connectivity index (χ3v) is 3.46. The second-order valence-corrected chi connectivity index (χ2v) is 4.69. The maximum atomic E-state index is 12.5. The summed E-state index contributed by atoms with van der Waals surface area (Å²) in [6, 6.07) is 7.88. The Kier molecular flexibility index (Phi) is 3.07. The highest BCUT2D eigenvalue weighted by Gasteiger charge is 2.24. The predicted octanol–water partition coefficient (Wildman–Crippen LogP) is 2.84. The molecule has 3 heteroatoms. The van der Waals surface area contributed by atoms with Crippen LogP contribution in [-0.4, -0.2) is 24.0 Å². The molecule has 0 bridgehead atoms. The number of aromatic nitrogens is 1. The number of pyridine rings is 1. The van der Waals surface area contributed by atoms with Gasteiger partial charge >= 0.3 is 0 Å². The van der Waals surface area contributed by atoms with E-state index in [2.05, 4.69) is 4.98 Å².